The van der Waals surface area contributed by atoms with E-state index in [1.165, 1.54) is 11.3 Å². The lowest BCUT2D eigenvalue weighted by Gasteiger charge is -2.15. The van der Waals surface area contributed by atoms with Crippen LogP contribution in [0, 0.1) is 0 Å². The third-order valence-corrected chi connectivity index (χ3v) is 2.77. The van der Waals surface area contributed by atoms with Crippen LogP contribution < -0.4 is 11.1 Å². The molecule has 0 saturated heterocycles. The highest BCUT2D eigenvalue weighted by molar-refractivity contribution is 7.09. The predicted molar refractivity (Wildman–Crippen MR) is 60.6 cm³/mol. The Hall–Kier alpha value is -0.980. The van der Waals surface area contributed by atoms with Crippen LogP contribution in [0.2, 0.25) is 0 Å². The normalized spacial score (nSPS) is 13.0. The van der Waals surface area contributed by atoms with Crippen molar-refractivity contribution in [2.45, 2.75) is 6.04 Å². The summed E-state index contributed by atoms with van der Waals surface area (Å²) < 4.78 is 0. The summed E-state index contributed by atoms with van der Waals surface area (Å²) in [6.07, 6.45) is 1.67. The first-order valence-corrected chi connectivity index (χ1v) is 5.55. The van der Waals surface area contributed by atoms with Gasteiger partial charge < -0.3 is 16.0 Å². The molecule has 1 aromatic rings. The van der Waals surface area contributed by atoms with Gasteiger partial charge in [0, 0.05) is 19.3 Å². The van der Waals surface area contributed by atoms with Gasteiger partial charge in [0.1, 0.15) is 6.04 Å². The Labute approximate surface area is 93.3 Å². The maximum atomic E-state index is 11.2. The quantitative estimate of drug-likeness (QED) is 0.708. The molecule has 84 valence electrons. The Bertz CT molecular complexity index is 299. The minimum absolute atomic E-state index is 0.363. The third kappa shape index (κ3) is 3.94. The number of nitrogens with two attached hydrogens (primary N) is 1. The third-order valence-electron chi connectivity index (χ3n) is 1.93. The van der Waals surface area contributed by atoms with E-state index in [9.17, 15) is 4.79 Å². The van der Waals surface area contributed by atoms with Crippen molar-refractivity contribution < 1.29 is 4.79 Å². The number of nitrogens with one attached hydrogen (secondary N) is 1. The molecule has 1 rings (SSSR count). The van der Waals surface area contributed by atoms with Gasteiger partial charge in [-0.3, -0.25) is 9.78 Å². The molecule has 1 aromatic heterocycles. The molecule has 0 aliphatic heterocycles. The molecule has 0 spiro atoms. The summed E-state index contributed by atoms with van der Waals surface area (Å²) in [5, 5.41) is 3.11. The molecule has 0 aromatic carbocycles. The van der Waals surface area contributed by atoms with Crippen molar-refractivity contribution in [1.29, 1.82) is 0 Å². The van der Waals surface area contributed by atoms with Gasteiger partial charge in [0.25, 0.3) is 0 Å². The van der Waals surface area contributed by atoms with E-state index < -0.39 is 6.04 Å². The van der Waals surface area contributed by atoms with Gasteiger partial charge in [0.05, 0.1) is 10.4 Å². The number of nitrogens with zero attached hydrogens (tertiary/aromatic N) is 2. The van der Waals surface area contributed by atoms with Crippen molar-refractivity contribution in [2.24, 2.45) is 5.73 Å². The minimum Gasteiger partial charge on any atom is -0.368 e. The number of aromatic nitrogens is 1. The van der Waals surface area contributed by atoms with Gasteiger partial charge in [0.2, 0.25) is 5.91 Å². The number of likely N-dealkylation sites (N-methyl/N-ethyl adjacent to an activating group) is 1. The van der Waals surface area contributed by atoms with Crippen LogP contribution >= 0.6 is 11.3 Å². The first-order chi connectivity index (χ1) is 7.11. The molecule has 5 nitrogen and oxygen atoms in total. The van der Waals surface area contributed by atoms with Gasteiger partial charge in [-0.05, 0) is 14.1 Å². The predicted octanol–water partition coefficient (Wildman–Crippen LogP) is -0.179. The van der Waals surface area contributed by atoms with Crippen molar-refractivity contribution in [2.75, 3.05) is 27.2 Å². The van der Waals surface area contributed by atoms with Gasteiger partial charge in [-0.25, -0.2) is 0 Å². The van der Waals surface area contributed by atoms with Gasteiger partial charge in [-0.1, -0.05) is 0 Å². The highest BCUT2D eigenvalue weighted by atomic mass is 32.1. The van der Waals surface area contributed by atoms with Gasteiger partial charge >= 0.3 is 0 Å². The smallest absolute Gasteiger partial charge is 0.240 e. The molecule has 1 amide bonds. The molecule has 0 radical (unpaired) electrons. The molecule has 0 bridgehead atoms. The molecular weight excluding hydrogens is 212 g/mol. The van der Waals surface area contributed by atoms with Crippen molar-refractivity contribution >= 4 is 17.2 Å². The lowest BCUT2D eigenvalue weighted by Crippen LogP contribution is -2.36. The summed E-state index contributed by atoms with van der Waals surface area (Å²) in [6.45, 7) is 1.58. The fourth-order valence-corrected chi connectivity index (χ4v) is 1.84. The van der Waals surface area contributed by atoms with Gasteiger partial charge in [-0.15, -0.1) is 11.3 Å². The van der Waals surface area contributed by atoms with Crippen molar-refractivity contribution in [3.05, 3.63) is 16.6 Å². The number of carbonyl (C=O) groups is 1. The standard InChI is InChI=1S/C9H16N4OS/c1-13(2)4-3-12-8(9(10)14)7-5-11-6-15-7/h5-6,8,12H,3-4H2,1-2H3,(H2,10,14). The number of rotatable bonds is 6. The molecule has 0 fully saturated rings. The van der Waals surface area contributed by atoms with E-state index in [1.54, 1.807) is 11.7 Å². The summed E-state index contributed by atoms with van der Waals surface area (Å²) in [6, 6.07) is -0.419. The molecule has 3 N–H and O–H groups in total. The maximum absolute atomic E-state index is 11.2. The van der Waals surface area contributed by atoms with Crippen LogP contribution in [0.4, 0.5) is 0 Å². The Morgan fingerprint density at radius 1 is 1.73 bits per heavy atom. The number of hydrogen-bond acceptors (Lipinski definition) is 5. The zero-order valence-electron chi connectivity index (χ0n) is 8.93. The molecule has 0 saturated carbocycles. The van der Waals surface area contributed by atoms with Gasteiger partial charge in [-0.2, -0.15) is 0 Å². The number of primary amides is 1. The van der Waals surface area contributed by atoms with E-state index in [0.29, 0.717) is 0 Å². The van der Waals surface area contributed by atoms with E-state index in [-0.39, 0.29) is 5.91 Å². The highest BCUT2D eigenvalue weighted by Crippen LogP contribution is 2.16. The highest BCUT2D eigenvalue weighted by Gasteiger charge is 2.18. The van der Waals surface area contributed by atoms with E-state index in [0.717, 1.165) is 18.0 Å². The molecular formula is C9H16N4OS. The van der Waals surface area contributed by atoms with Crippen LogP contribution in [0.5, 0.6) is 0 Å². The first-order valence-electron chi connectivity index (χ1n) is 4.67. The molecule has 1 unspecified atom stereocenters. The van der Waals surface area contributed by atoms with Crippen LogP contribution in [0.3, 0.4) is 0 Å². The maximum Gasteiger partial charge on any atom is 0.240 e. The lowest BCUT2D eigenvalue weighted by atomic mass is 10.2. The topological polar surface area (TPSA) is 71.2 Å². The number of hydrogen-bond donors (Lipinski definition) is 2. The first kappa shape index (κ1) is 12.1. The van der Waals surface area contributed by atoms with Crippen molar-refractivity contribution in [3.8, 4) is 0 Å². The van der Waals surface area contributed by atoms with E-state index in [1.807, 2.05) is 19.0 Å². The van der Waals surface area contributed by atoms with Gasteiger partial charge in [0.15, 0.2) is 0 Å². The van der Waals surface area contributed by atoms with E-state index in [2.05, 4.69) is 10.3 Å². The molecule has 15 heavy (non-hydrogen) atoms. The second-order valence-electron chi connectivity index (χ2n) is 3.50. The monoisotopic (exact) mass is 228 g/mol. The summed E-state index contributed by atoms with van der Waals surface area (Å²) in [4.78, 5) is 18.0. The fourth-order valence-electron chi connectivity index (χ4n) is 1.14. The zero-order valence-corrected chi connectivity index (χ0v) is 9.75. The fraction of sp³-hybridized carbons (Fsp3) is 0.556. The van der Waals surface area contributed by atoms with Crippen LogP contribution in [-0.2, 0) is 4.79 Å². The summed E-state index contributed by atoms with van der Waals surface area (Å²) in [7, 11) is 3.96. The largest absolute Gasteiger partial charge is 0.368 e. The molecule has 6 heteroatoms. The average molecular weight is 228 g/mol. The van der Waals surface area contributed by atoms with Crippen LogP contribution in [0.25, 0.3) is 0 Å². The molecule has 1 heterocycles. The van der Waals surface area contributed by atoms with Crippen molar-refractivity contribution in [1.82, 2.24) is 15.2 Å². The van der Waals surface area contributed by atoms with Crippen molar-refractivity contribution in [3.63, 3.8) is 0 Å². The number of carbonyl (C=O) groups excluding carboxylic acids is 1. The number of amides is 1. The zero-order chi connectivity index (χ0) is 11.3. The molecule has 0 aliphatic rings. The second kappa shape index (κ2) is 5.79. The minimum atomic E-state index is -0.419. The van der Waals surface area contributed by atoms with E-state index in [4.69, 9.17) is 5.73 Å². The van der Waals surface area contributed by atoms with Crippen LogP contribution in [0.1, 0.15) is 10.9 Å². The Kier molecular flexibility index (Phi) is 4.67. The Balaban J connectivity index is 2.49. The Morgan fingerprint density at radius 3 is 2.93 bits per heavy atom. The molecule has 0 aliphatic carbocycles. The average Bonchev–Trinajstić information content (AvgIpc) is 2.63. The lowest BCUT2D eigenvalue weighted by molar-refractivity contribution is -0.120. The van der Waals surface area contributed by atoms with Crippen LogP contribution in [0.15, 0.2) is 11.7 Å². The van der Waals surface area contributed by atoms with E-state index >= 15 is 0 Å². The molecule has 1 atom stereocenters. The summed E-state index contributed by atoms with van der Waals surface area (Å²) >= 11 is 1.43. The summed E-state index contributed by atoms with van der Waals surface area (Å²) in [5.74, 6) is -0.363. The second-order valence-corrected chi connectivity index (χ2v) is 4.41. The Morgan fingerprint density at radius 2 is 2.47 bits per heavy atom. The van der Waals surface area contributed by atoms with Crippen LogP contribution in [-0.4, -0.2) is 43.0 Å². The summed E-state index contributed by atoms with van der Waals surface area (Å²) in [5.41, 5.74) is 7.00. The number of thiazole rings is 1. The SMILES string of the molecule is CN(C)CCNC(C(N)=O)c1cncs1.